The van der Waals surface area contributed by atoms with E-state index in [9.17, 15) is 8.78 Å². The average molecular weight is 365 g/mol. The lowest BCUT2D eigenvalue weighted by molar-refractivity contribution is 0.137. The van der Waals surface area contributed by atoms with Gasteiger partial charge in [0.25, 0.3) is 0 Å². The molecule has 0 aliphatic rings. The Hall–Kier alpha value is -1.11. The molecule has 0 bridgehead atoms. The van der Waals surface area contributed by atoms with Crippen molar-refractivity contribution in [1.29, 1.82) is 0 Å². The minimum absolute atomic E-state index is 0.131. The molecule has 22 heavy (non-hydrogen) atoms. The van der Waals surface area contributed by atoms with Crippen molar-refractivity contribution < 1.29 is 13.5 Å². The predicted octanol–water partition coefficient (Wildman–Crippen LogP) is 5.71. The minimum atomic E-state index is -2.29. The Morgan fingerprint density at radius 1 is 1.18 bits per heavy atom. The van der Waals surface area contributed by atoms with Crippen molar-refractivity contribution in [3.63, 3.8) is 0 Å². The second kappa shape index (κ2) is 8.50. The van der Waals surface area contributed by atoms with E-state index in [1.807, 2.05) is 0 Å². The Morgan fingerprint density at radius 2 is 1.91 bits per heavy atom. The molecular weight excluding hydrogens is 353 g/mol. The van der Waals surface area contributed by atoms with Crippen LogP contribution in [-0.2, 0) is 0 Å². The normalized spacial score (nSPS) is 11.0. The van der Waals surface area contributed by atoms with E-state index in [4.69, 9.17) is 27.9 Å². The molecule has 0 radical (unpaired) electrons. The highest BCUT2D eigenvalue weighted by Crippen LogP contribution is 2.38. The monoisotopic (exact) mass is 364 g/mol. The highest BCUT2D eigenvalue weighted by molar-refractivity contribution is 7.99. The van der Waals surface area contributed by atoms with Gasteiger partial charge in [0.2, 0.25) is 6.43 Å². The number of hydrogen-bond donors (Lipinski definition) is 0. The summed E-state index contributed by atoms with van der Waals surface area (Å²) in [5.41, 5.74) is 0. The van der Waals surface area contributed by atoms with E-state index in [1.165, 1.54) is 24.2 Å². The first-order valence-corrected chi connectivity index (χ1v) is 8.15. The van der Waals surface area contributed by atoms with Crippen molar-refractivity contribution in [3.8, 4) is 11.8 Å². The van der Waals surface area contributed by atoms with Gasteiger partial charge < -0.3 is 4.74 Å². The summed E-state index contributed by atoms with van der Waals surface area (Å²) >= 11 is 13.2. The van der Waals surface area contributed by atoms with Crippen LogP contribution in [0.4, 0.5) is 8.78 Å². The van der Waals surface area contributed by atoms with Crippen LogP contribution in [0.3, 0.4) is 0 Å². The average Bonchev–Trinajstić information content (AvgIpc) is 2.48. The van der Waals surface area contributed by atoms with Crippen LogP contribution in [0.25, 0.3) is 0 Å². The summed E-state index contributed by atoms with van der Waals surface area (Å²) in [7, 11) is 0. The number of alkyl halides is 2. The van der Waals surface area contributed by atoms with Crippen LogP contribution in [-0.4, -0.2) is 22.1 Å². The van der Waals surface area contributed by atoms with Gasteiger partial charge in [-0.2, -0.15) is 0 Å². The van der Waals surface area contributed by atoms with Crippen molar-refractivity contribution in [3.05, 3.63) is 40.6 Å². The molecule has 0 spiro atoms. The number of hydrogen-bond acceptors (Lipinski definition) is 4. The number of aromatic nitrogens is 2. The third kappa shape index (κ3) is 5.26. The lowest BCUT2D eigenvalue weighted by Crippen LogP contribution is -1.94. The van der Waals surface area contributed by atoms with Gasteiger partial charge in [0, 0.05) is 6.42 Å². The van der Waals surface area contributed by atoms with Crippen molar-refractivity contribution in [2.75, 3.05) is 5.75 Å². The molecule has 2 aromatic rings. The maximum atomic E-state index is 12.2. The molecule has 1 aromatic carbocycles. The summed E-state index contributed by atoms with van der Waals surface area (Å²) in [5.74, 6) is 1.00. The number of rotatable bonds is 7. The predicted molar refractivity (Wildman–Crippen MR) is 84.5 cm³/mol. The fourth-order valence-corrected chi connectivity index (χ4v) is 2.97. The maximum absolute atomic E-state index is 12.2. The lowest BCUT2D eigenvalue weighted by atomic mass is 10.3. The Bertz CT molecular complexity index is 614. The van der Waals surface area contributed by atoms with Crippen LogP contribution < -0.4 is 4.74 Å². The van der Waals surface area contributed by atoms with Crippen molar-refractivity contribution >= 4 is 35.0 Å². The fourth-order valence-electron chi connectivity index (χ4n) is 1.57. The minimum Gasteiger partial charge on any atom is -0.423 e. The molecule has 0 unspecified atom stereocenters. The van der Waals surface area contributed by atoms with E-state index < -0.39 is 6.43 Å². The fraction of sp³-hybridized carbons (Fsp3) is 0.286. The molecule has 3 nitrogen and oxygen atoms in total. The zero-order valence-electron chi connectivity index (χ0n) is 11.3. The Kier molecular flexibility index (Phi) is 6.67. The molecule has 0 saturated heterocycles. The lowest BCUT2D eigenvalue weighted by Gasteiger charge is -2.11. The molecule has 8 heteroatoms. The number of thioether (sulfide) groups is 1. The highest BCUT2D eigenvalue weighted by Gasteiger charge is 2.12. The van der Waals surface area contributed by atoms with Gasteiger partial charge in [0.05, 0.1) is 27.3 Å². The Morgan fingerprint density at radius 3 is 2.59 bits per heavy atom. The van der Waals surface area contributed by atoms with Gasteiger partial charge in [0.1, 0.15) is 5.75 Å². The molecule has 0 aliphatic heterocycles. The van der Waals surface area contributed by atoms with E-state index in [1.54, 1.807) is 18.2 Å². The van der Waals surface area contributed by atoms with Crippen molar-refractivity contribution in [1.82, 2.24) is 9.97 Å². The van der Waals surface area contributed by atoms with Crippen LogP contribution in [0.1, 0.15) is 12.8 Å². The van der Waals surface area contributed by atoms with Crippen LogP contribution >= 0.6 is 35.0 Å². The van der Waals surface area contributed by atoms with Crippen molar-refractivity contribution in [2.45, 2.75) is 24.2 Å². The molecular formula is C14H12Cl2F2N2OS. The van der Waals surface area contributed by atoms with Gasteiger partial charge in [-0.05, 0) is 24.3 Å². The third-order valence-electron chi connectivity index (χ3n) is 2.54. The van der Waals surface area contributed by atoms with Crippen LogP contribution in [0.5, 0.6) is 11.8 Å². The first kappa shape index (κ1) is 17.2. The van der Waals surface area contributed by atoms with Gasteiger partial charge in [-0.3, -0.25) is 0 Å². The summed E-state index contributed by atoms with van der Waals surface area (Å²) < 4.78 is 29.9. The van der Waals surface area contributed by atoms with Gasteiger partial charge in [0.15, 0.2) is 0 Å². The summed E-state index contributed by atoms with van der Waals surface area (Å²) in [6, 6.07) is 5.31. The van der Waals surface area contributed by atoms with Crippen LogP contribution in [0, 0.1) is 0 Å². The van der Waals surface area contributed by atoms with Crippen LogP contribution in [0.2, 0.25) is 10.0 Å². The molecule has 0 aliphatic carbocycles. The molecule has 0 saturated carbocycles. The topological polar surface area (TPSA) is 35.0 Å². The largest absolute Gasteiger partial charge is 0.423 e. The molecule has 1 heterocycles. The van der Waals surface area contributed by atoms with Gasteiger partial charge in [-0.15, -0.1) is 11.8 Å². The number of ether oxygens (including phenoxy) is 1. The molecule has 0 fully saturated rings. The molecule has 2 rings (SSSR count). The smallest absolute Gasteiger partial charge is 0.321 e. The summed E-state index contributed by atoms with van der Waals surface area (Å²) in [4.78, 5) is 8.57. The molecule has 0 N–H and O–H groups in total. The SMILES string of the molecule is FC(F)CCCSc1c(Cl)cccc1Oc1ncc(Cl)cn1. The molecule has 1 aromatic heterocycles. The van der Waals surface area contributed by atoms with Crippen molar-refractivity contribution in [2.24, 2.45) is 0 Å². The Balaban J connectivity index is 2.07. The second-order valence-corrected chi connectivity index (χ2v) is 6.18. The molecule has 118 valence electrons. The Labute approximate surface area is 141 Å². The van der Waals surface area contributed by atoms with Gasteiger partial charge in [-0.25, -0.2) is 18.7 Å². The summed E-state index contributed by atoms with van der Waals surface area (Å²) in [6.07, 6.45) is 0.816. The van der Waals surface area contributed by atoms with Gasteiger partial charge in [-0.1, -0.05) is 29.3 Å². The molecule has 0 atom stereocenters. The summed E-state index contributed by atoms with van der Waals surface area (Å²) in [5, 5.41) is 0.897. The zero-order chi connectivity index (χ0) is 15.9. The van der Waals surface area contributed by atoms with E-state index in [0.717, 1.165) is 0 Å². The van der Waals surface area contributed by atoms with E-state index in [-0.39, 0.29) is 12.4 Å². The van der Waals surface area contributed by atoms with E-state index in [0.29, 0.717) is 32.9 Å². The quantitative estimate of drug-likeness (QED) is 0.465. The maximum Gasteiger partial charge on any atom is 0.321 e. The highest BCUT2D eigenvalue weighted by atomic mass is 35.5. The zero-order valence-corrected chi connectivity index (χ0v) is 13.6. The van der Waals surface area contributed by atoms with E-state index >= 15 is 0 Å². The number of benzene rings is 1. The first-order valence-electron chi connectivity index (χ1n) is 6.41. The summed E-state index contributed by atoms with van der Waals surface area (Å²) in [6.45, 7) is 0. The van der Waals surface area contributed by atoms with Gasteiger partial charge >= 0.3 is 6.01 Å². The number of halogens is 4. The van der Waals surface area contributed by atoms with E-state index in [2.05, 4.69) is 9.97 Å². The molecule has 0 amide bonds. The second-order valence-electron chi connectivity index (χ2n) is 4.23. The third-order valence-corrected chi connectivity index (χ3v) is 4.37. The first-order chi connectivity index (χ1) is 10.6. The number of nitrogens with zero attached hydrogens (tertiary/aromatic N) is 2. The van der Waals surface area contributed by atoms with Crippen LogP contribution in [0.15, 0.2) is 35.5 Å². The standard InChI is InChI=1S/C14H12Cl2F2N2OS/c15-9-7-19-14(20-8-9)21-11-4-1-3-10(16)13(11)22-6-2-5-12(17)18/h1,3-4,7-8,12H,2,5-6H2.